The number of furan rings is 1. The standard InChI is InChI=1S/C26H21N3O3/c1-29-23-10-6-5-9-22(23)28-25(29)18-11-13-20(14-12-18)27-26(30)24-19(15-16-31-24)17-32-21-7-3-2-4-8-21/h2-16H,17H2,1H3,(H,27,30). The molecule has 0 radical (unpaired) electrons. The van der Waals surface area contributed by atoms with Crippen molar-refractivity contribution in [3.8, 4) is 17.1 Å². The van der Waals surface area contributed by atoms with Crippen molar-refractivity contribution >= 4 is 22.6 Å². The van der Waals surface area contributed by atoms with E-state index in [0.29, 0.717) is 11.3 Å². The van der Waals surface area contributed by atoms with Crippen molar-refractivity contribution in [3.63, 3.8) is 0 Å². The van der Waals surface area contributed by atoms with Crippen molar-refractivity contribution in [2.75, 3.05) is 5.32 Å². The second-order valence-electron chi connectivity index (χ2n) is 7.39. The zero-order valence-corrected chi connectivity index (χ0v) is 17.5. The van der Waals surface area contributed by atoms with E-state index in [-0.39, 0.29) is 18.3 Å². The Balaban J connectivity index is 1.29. The molecule has 0 aliphatic heterocycles. The molecule has 0 saturated heterocycles. The first-order valence-corrected chi connectivity index (χ1v) is 10.3. The van der Waals surface area contributed by atoms with Gasteiger partial charge in [-0.05, 0) is 54.6 Å². The normalized spacial score (nSPS) is 10.9. The van der Waals surface area contributed by atoms with Gasteiger partial charge in [-0.15, -0.1) is 0 Å². The molecule has 0 aliphatic rings. The van der Waals surface area contributed by atoms with Crippen molar-refractivity contribution in [2.24, 2.45) is 7.05 Å². The minimum absolute atomic E-state index is 0.236. The number of rotatable bonds is 6. The SMILES string of the molecule is Cn1c(-c2ccc(NC(=O)c3occc3COc3ccccc3)cc2)nc2ccccc21. The minimum Gasteiger partial charge on any atom is -0.489 e. The summed E-state index contributed by atoms with van der Waals surface area (Å²) in [5.74, 6) is 1.52. The van der Waals surface area contributed by atoms with E-state index in [9.17, 15) is 4.79 Å². The fraction of sp³-hybridized carbons (Fsp3) is 0.0769. The van der Waals surface area contributed by atoms with Gasteiger partial charge in [0.05, 0.1) is 17.3 Å². The predicted octanol–water partition coefficient (Wildman–Crippen LogP) is 5.66. The van der Waals surface area contributed by atoms with E-state index >= 15 is 0 Å². The first-order valence-electron chi connectivity index (χ1n) is 10.3. The Kier molecular flexibility index (Phi) is 5.17. The van der Waals surface area contributed by atoms with Crippen LogP contribution in [0.25, 0.3) is 22.4 Å². The number of ether oxygens (including phenoxy) is 1. The number of para-hydroxylation sites is 3. The molecule has 1 amide bonds. The van der Waals surface area contributed by atoms with E-state index < -0.39 is 0 Å². The van der Waals surface area contributed by atoms with Crippen LogP contribution in [-0.4, -0.2) is 15.5 Å². The van der Waals surface area contributed by atoms with Crippen LogP contribution >= 0.6 is 0 Å². The summed E-state index contributed by atoms with van der Waals surface area (Å²) in [5.41, 5.74) is 4.34. The number of anilines is 1. The zero-order chi connectivity index (χ0) is 21.9. The molecule has 0 saturated carbocycles. The van der Waals surface area contributed by atoms with Crippen LogP contribution in [0.4, 0.5) is 5.69 Å². The molecule has 1 N–H and O–H groups in total. The van der Waals surface area contributed by atoms with Crippen LogP contribution in [0.2, 0.25) is 0 Å². The summed E-state index contributed by atoms with van der Waals surface area (Å²) in [5, 5.41) is 2.89. The summed E-state index contributed by atoms with van der Waals surface area (Å²) in [7, 11) is 2.00. The Hall–Kier alpha value is -4.32. The number of hydrogen-bond acceptors (Lipinski definition) is 4. The van der Waals surface area contributed by atoms with Gasteiger partial charge in [-0.25, -0.2) is 4.98 Å². The molecule has 158 valence electrons. The predicted molar refractivity (Wildman–Crippen MR) is 124 cm³/mol. The van der Waals surface area contributed by atoms with Gasteiger partial charge in [0.15, 0.2) is 5.76 Å². The highest BCUT2D eigenvalue weighted by Gasteiger charge is 2.17. The molecule has 2 heterocycles. The number of carbonyl (C=O) groups excluding carboxylic acids is 1. The summed E-state index contributed by atoms with van der Waals surface area (Å²) in [6.45, 7) is 0.245. The summed E-state index contributed by atoms with van der Waals surface area (Å²) in [4.78, 5) is 17.5. The largest absolute Gasteiger partial charge is 0.489 e. The van der Waals surface area contributed by atoms with Crippen molar-refractivity contribution in [1.29, 1.82) is 0 Å². The molecule has 0 aliphatic carbocycles. The molecule has 6 heteroatoms. The number of nitrogens with one attached hydrogen (secondary N) is 1. The van der Waals surface area contributed by atoms with Gasteiger partial charge in [-0.1, -0.05) is 30.3 Å². The van der Waals surface area contributed by atoms with E-state index in [1.165, 1.54) is 6.26 Å². The van der Waals surface area contributed by atoms with Crippen LogP contribution in [0.5, 0.6) is 5.75 Å². The average molecular weight is 423 g/mol. The van der Waals surface area contributed by atoms with Gasteiger partial charge in [-0.3, -0.25) is 4.79 Å². The van der Waals surface area contributed by atoms with Gasteiger partial charge in [0.25, 0.3) is 5.91 Å². The number of nitrogens with zero attached hydrogens (tertiary/aromatic N) is 2. The summed E-state index contributed by atoms with van der Waals surface area (Å²) < 4.78 is 13.2. The third kappa shape index (κ3) is 3.86. The third-order valence-electron chi connectivity index (χ3n) is 5.28. The Labute approximate surface area is 185 Å². The van der Waals surface area contributed by atoms with Crippen LogP contribution < -0.4 is 10.1 Å². The molecule has 2 aromatic heterocycles. The second-order valence-corrected chi connectivity index (χ2v) is 7.39. The Morgan fingerprint density at radius 2 is 1.72 bits per heavy atom. The molecule has 5 aromatic rings. The molecule has 5 rings (SSSR count). The van der Waals surface area contributed by atoms with Crippen molar-refractivity contribution in [3.05, 3.63) is 103 Å². The van der Waals surface area contributed by atoms with Crippen LogP contribution in [0.1, 0.15) is 16.1 Å². The topological polar surface area (TPSA) is 69.3 Å². The third-order valence-corrected chi connectivity index (χ3v) is 5.28. The van der Waals surface area contributed by atoms with Gasteiger partial charge in [-0.2, -0.15) is 0 Å². The Morgan fingerprint density at radius 3 is 2.50 bits per heavy atom. The van der Waals surface area contributed by atoms with E-state index in [4.69, 9.17) is 14.1 Å². The Morgan fingerprint density at radius 1 is 0.969 bits per heavy atom. The highest BCUT2D eigenvalue weighted by atomic mass is 16.5. The van der Waals surface area contributed by atoms with Crippen molar-refractivity contribution in [2.45, 2.75) is 6.61 Å². The van der Waals surface area contributed by atoms with Crippen LogP contribution in [0, 0.1) is 0 Å². The van der Waals surface area contributed by atoms with E-state index in [1.54, 1.807) is 6.07 Å². The van der Waals surface area contributed by atoms with Gasteiger partial charge in [0.1, 0.15) is 18.2 Å². The molecule has 0 atom stereocenters. The lowest BCUT2D eigenvalue weighted by molar-refractivity contribution is 0.0993. The maximum absolute atomic E-state index is 12.8. The second kappa shape index (κ2) is 8.43. The average Bonchev–Trinajstić information content (AvgIpc) is 3.44. The fourth-order valence-electron chi connectivity index (χ4n) is 3.62. The highest BCUT2D eigenvalue weighted by Crippen LogP contribution is 2.25. The smallest absolute Gasteiger partial charge is 0.291 e. The number of fused-ring (bicyclic) bond motifs is 1. The lowest BCUT2D eigenvalue weighted by Crippen LogP contribution is -2.13. The number of benzene rings is 3. The minimum atomic E-state index is -0.322. The van der Waals surface area contributed by atoms with Crippen LogP contribution in [0.3, 0.4) is 0 Å². The molecule has 32 heavy (non-hydrogen) atoms. The molecule has 0 bridgehead atoms. The van der Waals surface area contributed by atoms with Crippen LogP contribution in [0.15, 0.2) is 95.6 Å². The van der Waals surface area contributed by atoms with Crippen molar-refractivity contribution in [1.82, 2.24) is 9.55 Å². The van der Waals surface area contributed by atoms with Gasteiger partial charge in [0.2, 0.25) is 0 Å². The lowest BCUT2D eigenvalue weighted by Gasteiger charge is -2.08. The van der Waals surface area contributed by atoms with E-state index in [1.807, 2.05) is 85.9 Å². The highest BCUT2D eigenvalue weighted by molar-refractivity contribution is 6.03. The molecular weight excluding hydrogens is 402 g/mol. The lowest BCUT2D eigenvalue weighted by atomic mass is 10.2. The van der Waals surface area contributed by atoms with Gasteiger partial charge < -0.3 is 19.0 Å². The molecular formula is C26H21N3O3. The molecule has 6 nitrogen and oxygen atoms in total. The monoisotopic (exact) mass is 423 g/mol. The number of amides is 1. The zero-order valence-electron chi connectivity index (χ0n) is 17.5. The first-order chi connectivity index (χ1) is 15.7. The number of hydrogen-bond donors (Lipinski definition) is 1. The van der Waals surface area contributed by atoms with Crippen molar-refractivity contribution < 1.29 is 13.9 Å². The maximum atomic E-state index is 12.8. The molecule has 0 spiro atoms. The van der Waals surface area contributed by atoms with Crippen LogP contribution in [-0.2, 0) is 13.7 Å². The number of carbonyl (C=O) groups is 1. The summed E-state index contributed by atoms with van der Waals surface area (Å²) in [6.07, 6.45) is 1.49. The quantitative estimate of drug-likeness (QED) is 0.382. The molecule has 0 unspecified atom stereocenters. The van der Waals surface area contributed by atoms with Gasteiger partial charge in [0, 0.05) is 23.9 Å². The maximum Gasteiger partial charge on any atom is 0.291 e. The first kappa shape index (κ1) is 19.6. The van der Waals surface area contributed by atoms with Gasteiger partial charge >= 0.3 is 0 Å². The summed E-state index contributed by atoms with van der Waals surface area (Å²) >= 11 is 0. The van der Waals surface area contributed by atoms with E-state index in [0.717, 1.165) is 28.2 Å². The molecule has 3 aromatic carbocycles. The molecule has 0 fully saturated rings. The number of aryl methyl sites for hydroxylation is 1. The Bertz CT molecular complexity index is 1370. The van der Waals surface area contributed by atoms with E-state index in [2.05, 4.69) is 9.88 Å². The fourth-order valence-corrected chi connectivity index (χ4v) is 3.62. The number of imidazole rings is 1. The summed E-state index contributed by atoms with van der Waals surface area (Å²) in [6, 6.07) is 26.8. The number of aromatic nitrogens is 2.